The number of nitrogens with one attached hydrogen (secondary N) is 1. The molecule has 1 heterocycles. The molecular formula is C14H17N3OS. The molecule has 0 aliphatic carbocycles. The van der Waals surface area contributed by atoms with Crippen molar-refractivity contribution >= 4 is 28.6 Å². The van der Waals surface area contributed by atoms with Gasteiger partial charge in [-0.3, -0.25) is 4.79 Å². The van der Waals surface area contributed by atoms with Gasteiger partial charge in [0.25, 0.3) is 5.91 Å². The van der Waals surface area contributed by atoms with Gasteiger partial charge in [-0.15, -0.1) is 11.3 Å². The summed E-state index contributed by atoms with van der Waals surface area (Å²) in [6.07, 6.45) is 0.920. The summed E-state index contributed by atoms with van der Waals surface area (Å²) in [5.41, 5.74) is 12.8. The Morgan fingerprint density at radius 3 is 2.79 bits per heavy atom. The number of carbonyl (C=O) groups excluding carboxylic acids is 1. The topological polar surface area (TPSA) is 81.1 Å². The molecule has 2 aromatic rings. The van der Waals surface area contributed by atoms with Crippen LogP contribution in [0.5, 0.6) is 0 Å². The zero-order chi connectivity index (χ0) is 13.8. The number of thiophene rings is 1. The molecule has 5 N–H and O–H groups in total. The molecule has 1 unspecified atom stereocenters. The van der Waals surface area contributed by atoms with Crippen molar-refractivity contribution in [3.05, 3.63) is 46.2 Å². The average Bonchev–Trinajstić information content (AvgIpc) is 2.90. The fourth-order valence-corrected chi connectivity index (χ4v) is 2.80. The second kappa shape index (κ2) is 5.75. The van der Waals surface area contributed by atoms with Crippen molar-refractivity contribution in [3.63, 3.8) is 0 Å². The molecule has 100 valence electrons. The summed E-state index contributed by atoms with van der Waals surface area (Å²) in [7, 11) is 0. The molecule has 0 radical (unpaired) electrons. The van der Waals surface area contributed by atoms with Crippen molar-refractivity contribution in [2.24, 2.45) is 5.73 Å². The van der Waals surface area contributed by atoms with Crippen LogP contribution in [0, 0.1) is 0 Å². The average molecular weight is 275 g/mol. The smallest absolute Gasteiger partial charge is 0.250 e. The van der Waals surface area contributed by atoms with E-state index in [1.54, 1.807) is 29.5 Å². The number of benzene rings is 1. The molecule has 0 fully saturated rings. The standard InChI is InChI=1S/C14H17N3OS/c1-2-11(13-4-3-7-19-13)17-12-6-5-9(15)8-10(12)14(16)18/h3-8,11,17H,2,15H2,1H3,(H2,16,18). The van der Waals surface area contributed by atoms with E-state index in [4.69, 9.17) is 11.5 Å². The van der Waals surface area contributed by atoms with Crippen LogP contribution in [0.25, 0.3) is 0 Å². The summed E-state index contributed by atoms with van der Waals surface area (Å²) in [5, 5.41) is 5.40. The van der Waals surface area contributed by atoms with Gasteiger partial charge in [-0.05, 0) is 36.1 Å². The second-order valence-corrected chi connectivity index (χ2v) is 5.27. The van der Waals surface area contributed by atoms with Crippen LogP contribution in [-0.4, -0.2) is 5.91 Å². The molecule has 5 heteroatoms. The van der Waals surface area contributed by atoms with Crippen molar-refractivity contribution < 1.29 is 4.79 Å². The van der Waals surface area contributed by atoms with Crippen LogP contribution in [0.3, 0.4) is 0 Å². The number of nitrogens with two attached hydrogens (primary N) is 2. The van der Waals surface area contributed by atoms with Gasteiger partial charge >= 0.3 is 0 Å². The third kappa shape index (κ3) is 3.06. The molecular weight excluding hydrogens is 258 g/mol. The van der Waals surface area contributed by atoms with Gasteiger partial charge in [0.2, 0.25) is 0 Å². The molecule has 2 rings (SSSR count). The van der Waals surface area contributed by atoms with E-state index < -0.39 is 5.91 Å². The van der Waals surface area contributed by atoms with Crippen LogP contribution in [-0.2, 0) is 0 Å². The second-order valence-electron chi connectivity index (χ2n) is 4.29. The highest BCUT2D eigenvalue weighted by atomic mass is 32.1. The Balaban J connectivity index is 2.29. The quantitative estimate of drug-likeness (QED) is 0.734. The van der Waals surface area contributed by atoms with Crippen molar-refractivity contribution in [1.29, 1.82) is 0 Å². The van der Waals surface area contributed by atoms with Crippen LogP contribution in [0.4, 0.5) is 11.4 Å². The van der Waals surface area contributed by atoms with Gasteiger partial charge in [-0.1, -0.05) is 13.0 Å². The number of hydrogen-bond acceptors (Lipinski definition) is 4. The van der Waals surface area contributed by atoms with E-state index in [0.29, 0.717) is 11.3 Å². The molecule has 1 amide bonds. The highest BCUT2D eigenvalue weighted by molar-refractivity contribution is 7.10. The van der Waals surface area contributed by atoms with Gasteiger partial charge in [0, 0.05) is 16.3 Å². The molecule has 19 heavy (non-hydrogen) atoms. The first-order valence-corrected chi connectivity index (χ1v) is 6.99. The van der Waals surface area contributed by atoms with Crippen LogP contribution < -0.4 is 16.8 Å². The maximum absolute atomic E-state index is 11.5. The number of primary amides is 1. The minimum atomic E-state index is -0.476. The van der Waals surface area contributed by atoms with E-state index in [-0.39, 0.29) is 6.04 Å². The molecule has 0 saturated heterocycles. The molecule has 1 aromatic heterocycles. The lowest BCUT2D eigenvalue weighted by Gasteiger charge is -2.19. The van der Waals surface area contributed by atoms with E-state index in [0.717, 1.165) is 12.1 Å². The minimum Gasteiger partial charge on any atom is -0.399 e. The van der Waals surface area contributed by atoms with Gasteiger partial charge in [0.05, 0.1) is 11.6 Å². The van der Waals surface area contributed by atoms with Crippen LogP contribution >= 0.6 is 11.3 Å². The molecule has 0 aliphatic heterocycles. The number of nitrogen functional groups attached to an aromatic ring is 1. The van der Waals surface area contributed by atoms with E-state index in [9.17, 15) is 4.79 Å². The lowest BCUT2D eigenvalue weighted by atomic mass is 10.1. The molecule has 1 atom stereocenters. The Morgan fingerprint density at radius 1 is 1.42 bits per heavy atom. The maximum Gasteiger partial charge on any atom is 0.250 e. The van der Waals surface area contributed by atoms with Crippen LogP contribution in [0.2, 0.25) is 0 Å². The predicted molar refractivity (Wildman–Crippen MR) is 80.3 cm³/mol. The van der Waals surface area contributed by atoms with Crippen molar-refractivity contribution in [1.82, 2.24) is 0 Å². The first kappa shape index (κ1) is 13.4. The number of rotatable bonds is 5. The highest BCUT2D eigenvalue weighted by Gasteiger charge is 2.14. The monoisotopic (exact) mass is 275 g/mol. The lowest BCUT2D eigenvalue weighted by Crippen LogP contribution is -2.17. The Bertz CT molecular complexity index is 566. The van der Waals surface area contributed by atoms with Gasteiger partial charge in [-0.25, -0.2) is 0 Å². The Hall–Kier alpha value is -2.01. The maximum atomic E-state index is 11.5. The minimum absolute atomic E-state index is 0.168. The first-order valence-electron chi connectivity index (χ1n) is 6.11. The largest absolute Gasteiger partial charge is 0.399 e. The van der Waals surface area contributed by atoms with Crippen molar-refractivity contribution in [2.45, 2.75) is 19.4 Å². The zero-order valence-corrected chi connectivity index (χ0v) is 11.5. The SMILES string of the molecule is CCC(Nc1ccc(N)cc1C(N)=O)c1cccs1. The normalized spacial score (nSPS) is 12.1. The van der Waals surface area contributed by atoms with Gasteiger partial charge in [-0.2, -0.15) is 0 Å². The predicted octanol–water partition coefficient (Wildman–Crippen LogP) is 2.99. The summed E-state index contributed by atoms with van der Waals surface area (Å²) in [6, 6.07) is 9.42. The van der Waals surface area contributed by atoms with Crippen molar-refractivity contribution in [3.8, 4) is 0 Å². The number of anilines is 2. The first-order chi connectivity index (χ1) is 9.11. The lowest BCUT2D eigenvalue weighted by molar-refractivity contribution is 0.100. The molecule has 1 aromatic carbocycles. The van der Waals surface area contributed by atoms with Gasteiger partial charge in [0.1, 0.15) is 0 Å². The van der Waals surface area contributed by atoms with E-state index in [2.05, 4.69) is 18.3 Å². The Kier molecular flexibility index (Phi) is 4.06. The van der Waals surface area contributed by atoms with Crippen LogP contribution in [0.1, 0.15) is 34.6 Å². The molecule has 0 bridgehead atoms. The fraction of sp³-hybridized carbons (Fsp3) is 0.214. The zero-order valence-electron chi connectivity index (χ0n) is 10.7. The number of hydrogen-bond donors (Lipinski definition) is 3. The summed E-state index contributed by atoms with van der Waals surface area (Å²) < 4.78 is 0. The molecule has 0 aliphatic rings. The molecule has 0 saturated carbocycles. The van der Waals surface area contributed by atoms with E-state index in [1.165, 1.54) is 4.88 Å². The van der Waals surface area contributed by atoms with Gasteiger partial charge < -0.3 is 16.8 Å². The summed E-state index contributed by atoms with van der Waals surface area (Å²) in [5.74, 6) is -0.476. The van der Waals surface area contributed by atoms with E-state index >= 15 is 0 Å². The third-order valence-electron chi connectivity index (χ3n) is 2.93. The molecule has 4 nitrogen and oxygen atoms in total. The van der Waals surface area contributed by atoms with E-state index in [1.807, 2.05) is 11.4 Å². The highest BCUT2D eigenvalue weighted by Crippen LogP contribution is 2.28. The summed E-state index contributed by atoms with van der Waals surface area (Å²) in [6.45, 7) is 2.10. The van der Waals surface area contributed by atoms with Crippen LogP contribution in [0.15, 0.2) is 35.7 Å². The third-order valence-corrected chi connectivity index (χ3v) is 3.92. The summed E-state index contributed by atoms with van der Waals surface area (Å²) in [4.78, 5) is 12.7. The van der Waals surface area contributed by atoms with Gasteiger partial charge in [0.15, 0.2) is 0 Å². The summed E-state index contributed by atoms with van der Waals surface area (Å²) >= 11 is 1.69. The molecule has 0 spiro atoms. The number of carbonyl (C=O) groups is 1. The van der Waals surface area contributed by atoms with Crippen molar-refractivity contribution in [2.75, 3.05) is 11.1 Å². The Labute approximate surface area is 116 Å². The fourth-order valence-electron chi connectivity index (χ4n) is 1.94. The number of amides is 1. The Morgan fingerprint density at radius 2 is 2.21 bits per heavy atom.